The molecule has 1 unspecified atom stereocenters. The Morgan fingerprint density at radius 3 is 2.65 bits per heavy atom. The van der Waals surface area contributed by atoms with Crippen molar-refractivity contribution in [1.82, 2.24) is 15.1 Å². The third kappa shape index (κ3) is 2.36. The number of benzene rings is 1. The molecule has 1 heterocycles. The van der Waals surface area contributed by atoms with Gasteiger partial charge in [-0.1, -0.05) is 6.07 Å². The van der Waals surface area contributed by atoms with E-state index in [1.54, 1.807) is 16.9 Å². The van der Waals surface area contributed by atoms with Gasteiger partial charge in [-0.25, -0.2) is 4.39 Å². The van der Waals surface area contributed by atoms with Crippen LogP contribution >= 0.6 is 0 Å². The van der Waals surface area contributed by atoms with Gasteiger partial charge in [-0.2, -0.15) is 5.10 Å². The van der Waals surface area contributed by atoms with E-state index in [-0.39, 0.29) is 11.9 Å². The average molecular weight is 233 g/mol. The topological polar surface area (TPSA) is 29.9 Å². The average Bonchev–Trinajstić information content (AvgIpc) is 2.65. The van der Waals surface area contributed by atoms with Crippen LogP contribution in [0.3, 0.4) is 0 Å². The third-order valence-corrected chi connectivity index (χ3v) is 2.84. The lowest BCUT2D eigenvalue weighted by Crippen LogP contribution is -2.20. The summed E-state index contributed by atoms with van der Waals surface area (Å²) in [6, 6.07) is 6.95. The van der Waals surface area contributed by atoms with Crippen LogP contribution in [0.1, 0.15) is 22.9 Å². The quantitative estimate of drug-likeness (QED) is 0.880. The van der Waals surface area contributed by atoms with Gasteiger partial charge in [0.25, 0.3) is 0 Å². The van der Waals surface area contributed by atoms with E-state index in [1.807, 2.05) is 33.2 Å². The van der Waals surface area contributed by atoms with Gasteiger partial charge in [0.2, 0.25) is 0 Å². The van der Waals surface area contributed by atoms with E-state index < -0.39 is 0 Å². The Morgan fingerprint density at radius 1 is 1.35 bits per heavy atom. The number of nitrogens with zero attached hydrogens (tertiary/aromatic N) is 2. The van der Waals surface area contributed by atoms with Gasteiger partial charge in [0.1, 0.15) is 5.82 Å². The maximum absolute atomic E-state index is 13.4. The summed E-state index contributed by atoms with van der Waals surface area (Å²) >= 11 is 0. The molecule has 0 aliphatic heterocycles. The smallest absolute Gasteiger partial charge is 0.123 e. The zero-order chi connectivity index (χ0) is 12.4. The first-order chi connectivity index (χ1) is 8.11. The molecule has 0 aliphatic carbocycles. The molecule has 0 radical (unpaired) electrons. The molecule has 1 aromatic carbocycles. The highest BCUT2D eigenvalue weighted by molar-refractivity contribution is 5.31. The van der Waals surface area contributed by atoms with E-state index in [0.29, 0.717) is 0 Å². The summed E-state index contributed by atoms with van der Waals surface area (Å²) in [4.78, 5) is 0. The van der Waals surface area contributed by atoms with Crippen molar-refractivity contribution in [3.8, 4) is 0 Å². The van der Waals surface area contributed by atoms with Crippen molar-refractivity contribution in [3.63, 3.8) is 0 Å². The van der Waals surface area contributed by atoms with E-state index in [0.717, 1.165) is 16.8 Å². The highest BCUT2D eigenvalue weighted by Gasteiger charge is 2.16. The van der Waals surface area contributed by atoms with Gasteiger partial charge in [0.05, 0.1) is 11.7 Å². The van der Waals surface area contributed by atoms with Crippen molar-refractivity contribution in [2.45, 2.75) is 13.0 Å². The van der Waals surface area contributed by atoms with Crippen LogP contribution in [-0.2, 0) is 7.05 Å². The largest absolute Gasteiger partial charge is 0.308 e. The Hall–Kier alpha value is -1.68. The summed E-state index contributed by atoms with van der Waals surface area (Å²) in [6.07, 6.45) is 1.74. The number of hydrogen-bond donors (Lipinski definition) is 1. The van der Waals surface area contributed by atoms with E-state index in [1.165, 1.54) is 6.07 Å². The van der Waals surface area contributed by atoms with Gasteiger partial charge in [0.15, 0.2) is 0 Å². The molecular formula is C13H16FN3. The first kappa shape index (κ1) is 11.8. The molecule has 0 saturated heterocycles. The minimum absolute atomic E-state index is 0.0445. The second-order valence-electron chi connectivity index (χ2n) is 4.16. The van der Waals surface area contributed by atoms with Crippen LogP contribution in [0.2, 0.25) is 0 Å². The Morgan fingerprint density at radius 2 is 2.12 bits per heavy atom. The van der Waals surface area contributed by atoms with Crippen molar-refractivity contribution in [2.75, 3.05) is 7.05 Å². The fourth-order valence-electron chi connectivity index (χ4n) is 2.08. The molecule has 0 aliphatic rings. The Labute approximate surface area is 100 Å². The molecule has 0 bridgehead atoms. The van der Waals surface area contributed by atoms with Crippen LogP contribution in [-0.4, -0.2) is 16.8 Å². The van der Waals surface area contributed by atoms with Crippen LogP contribution < -0.4 is 5.32 Å². The molecule has 2 aromatic rings. The fourth-order valence-corrected chi connectivity index (χ4v) is 2.08. The molecule has 0 saturated carbocycles. The molecule has 2 rings (SSSR count). The van der Waals surface area contributed by atoms with Gasteiger partial charge in [-0.3, -0.25) is 4.68 Å². The minimum atomic E-state index is -0.206. The minimum Gasteiger partial charge on any atom is -0.308 e. The molecule has 0 amide bonds. The molecule has 0 spiro atoms. The van der Waals surface area contributed by atoms with Crippen molar-refractivity contribution in [2.24, 2.45) is 7.05 Å². The maximum atomic E-state index is 13.4. The SMILES string of the molecule is CNC(c1cc(C)cc(F)c1)c1ccnn1C. The fraction of sp³-hybridized carbons (Fsp3) is 0.308. The summed E-state index contributed by atoms with van der Waals surface area (Å²) in [7, 11) is 3.74. The number of halogens is 1. The van der Waals surface area contributed by atoms with Crippen LogP contribution in [0.4, 0.5) is 4.39 Å². The number of rotatable bonds is 3. The predicted molar refractivity (Wildman–Crippen MR) is 65.2 cm³/mol. The summed E-state index contributed by atoms with van der Waals surface area (Å²) in [5, 5.41) is 7.33. The van der Waals surface area contributed by atoms with Gasteiger partial charge in [0, 0.05) is 13.2 Å². The van der Waals surface area contributed by atoms with Crippen molar-refractivity contribution in [3.05, 3.63) is 53.1 Å². The van der Waals surface area contributed by atoms with Gasteiger partial charge < -0.3 is 5.32 Å². The molecule has 3 nitrogen and oxygen atoms in total. The first-order valence-corrected chi connectivity index (χ1v) is 5.54. The molecule has 1 aromatic heterocycles. The lowest BCUT2D eigenvalue weighted by atomic mass is 10.0. The molecule has 0 fully saturated rings. The zero-order valence-electron chi connectivity index (χ0n) is 10.2. The Bertz CT molecular complexity index is 499. The van der Waals surface area contributed by atoms with Crippen LogP contribution in [0, 0.1) is 12.7 Å². The zero-order valence-corrected chi connectivity index (χ0v) is 10.2. The normalized spacial score (nSPS) is 12.7. The molecule has 90 valence electrons. The molecule has 1 N–H and O–H groups in total. The number of aryl methyl sites for hydroxylation is 2. The second-order valence-corrected chi connectivity index (χ2v) is 4.16. The van der Waals surface area contributed by atoms with Crippen molar-refractivity contribution in [1.29, 1.82) is 0 Å². The number of aromatic nitrogens is 2. The van der Waals surface area contributed by atoms with Crippen molar-refractivity contribution >= 4 is 0 Å². The van der Waals surface area contributed by atoms with Crippen LogP contribution in [0.5, 0.6) is 0 Å². The Balaban J connectivity index is 2.45. The predicted octanol–water partition coefficient (Wildman–Crippen LogP) is 2.18. The summed E-state index contributed by atoms with van der Waals surface area (Å²) in [5.74, 6) is -0.206. The number of nitrogens with one attached hydrogen (secondary N) is 1. The maximum Gasteiger partial charge on any atom is 0.123 e. The second kappa shape index (κ2) is 4.67. The van der Waals surface area contributed by atoms with Gasteiger partial charge in [-0.15, -0.1) is 0 Å². The Kier molecular flexibility index (Phi) is 3.24. The standard InChI is InChI=1S/C13H16FN3/c1-9-6-10(8-11(14)7-9)13(15-2)12-4-5-16-17(12)3/h4-8,13,15H,1-3H3. The highest BCUT2D eigenvalue weighted by atomic mass is 19.1. The molecule has 1 atom stereocenters. The first-order valence-electron chi connectivity index (χ1n) is 5.54. The molecular weight excluding hydrogens is 217 g/mol. The van der Waals surface area contributed by atoms with E-state index >= 15 is 0 Å². The summed E-state index contributed by atoms with van der Waals surface area (Å²) in [6.45, 7) is 1.89. The highest BCUT2D eigenvalue weighted by Crippen LogP contribution is 2.22. The third-order valence-electron chi connectivity index (χ3n) is 2.84. The van der Waals surface area contributed by atoms with E-state index in [4.69, 9.17) is 0 Å². The lowest BCUT2D eigenvalue weighted by molar-refractivity contribution is 0.590. The number of hydrogen-bond acceptors (Lipinski definition) is 2. The summed E-state index contributed by atoms with van der Waals surface area (Å²) in [5.41, 5.74) is 2.84. The monoisotopic (exact) mass is 233 g/mol. The van der Waals surface area contributed by atoms with E-state index in [2.05, 4.69) is 10.4 Å². The molecule has 17 heavy (non-hydrogen) atoms. The van der Waals surface area contributed by atoms with E-state index in [9.17, 15) is 4.39 Å². The van der Waals surface area contributed by atoms with Gasteiger partial charge >= 0.3 is 0 Å². The molecule has 4 heteroatoms. The van der Waals surface area contributed by atoms with Crippen LogP contribution in [0.25, 0.3) is 0 Å². The van der Waals surface area contributed by atoms with Crippen molar-refractivity contribution < 1.29 is 4.39 Å². The van der Waals surface area contributed by atoms with Crippen LogP contribution in [0.15, 0.2) is 30.5 Å². The van der Waals surface area contributed by atoms with Gasteiger partial charge in [-0.05, 0) is 43.3 Å². The summed E-state index contributed by atoms with van der Waals surface area (Å²) < 4.78 is 15.2. The lowest BCUT2D eigenvalue weighted by Gasteiger charge is -2.17.